The maximum absolute atomic E-state index is 11.6. The molecule has 1 fully saturated rings. The molecule has 1 aliphatic heterocycles. The molecule has 2 aromatic rings. The van der Waals surface area contributed by atoms with E-state index in [1.54, 1.807) is 17.2 Å². The Bertz CT molecular complexity index is 631. The summed E-state index contributed by atoms with van der Waals surface area (Å²) in [5.41, 5.74) is 5.31. The van der Waals surface area contributed by atoms with Gasteiger partial charge in [-0.2, -0.15) is 0 Å². The van der Waals surface area contributed by atoms with Gasteiger partial charge in [0, 0.05) is 18.2 Å². The van der Waals surface area contributed by atoms with Crippen molar-refractivity contribution in [1.29, 1.82) is 0 Å². The monoisotopic (exact) mass is 314 g/mol. The summed E-state index contributed by atoms with van der Waals surface area (Å²) in [5.74, 6) is 1.19. The van der Waals surface area contributed by atoms with Gasteiger partial charge in [-0.1, -0.05) is 54.6 Å². The lowest BCUT2D eigenvalue weighted by atomic mass is 10.0. The second kappa shape index (κ2) is 6.96. The highest BCUT2D eigenvalue weighted by molar-refractivity contribution is 7.99. The largest absolute Gasteiger partial charge is 0.289 e. The van der Waals surface area contributed by atoms with Gasteiger partial charge in [-0.05, 0) is 16.7 Å². The average molecular weight is 314 g/mol. The molecule has 0 saturated carbocycles. The summed E-state index contributed by atoms with van der Waals surface area (Å²) in [5, 5.41) is 8.81. The molecule has 3 rings (SSSR count). The molecule has 1 atom stereocenters. The molecule has 0 aromatic heterocycles. The van der Waals surface area contributed by atoms with Crippen molar-refractivity contribution < 1.29 is 10.0 Å². The zero-order valence-corrected chi connectivity index (χ0v) is 12.9. The van der Waals surface area contributed by atoms with E-state index in [0.29, 0.717) is 12.3 Å². The van der Waals surface area contributed by atoms with Crippen molar-refractivity contribution in [2.45, 2.75) is 12.6 Å². The summed E-state index contributed by atoms with van der Waals surface area (Å²) >= 11 is 1.71. The number of nitrogens with zero attached hydrogens (tertiary/aromatic N) is 1. The van der Waals surface area contributed by atoms with E-state index in [9.17, 15) is 4.79 Å². The third-order valence-corrected chi connectivity index (χ3v) is 4.90. The average Bonchev–Trinajstić information content (AvgIpc) is 3.04. The van der Waals surface area contributed by atoms with E-state index in [1.807, 2.05) is 18.2 Å². The first-order valence-electron chi connectivity index (χ1n) is 7.18. The lowest BCUT2D eigenvalue weighted by molar-refractivity contribution is -0.133. The molecule has 4 nitrogen and oxygen atoms in total. The fraction of sp³-hybridized carbons (Fsp3) is 0.235. The van der Waals surface area contributed by atoms with Gasteiger partial charge in [0.25, 0.3) is 5.91 Å². The predicted octanol–water partition coefficient (Wildman–Crippen LogP) is 2.73. The standard InChI is InChI=1S/C17H18N2O2S/c20-17(18-21)16-11-22-12-19(16)10-13-6-8-15(9-7-13)14-4-2-1-3-5-14/h1-9,16,21H,10-12H2,(H,18,20)/t16-/m0/s1. The summed E-state index contributed by atoms with van der Waals surface area (Å²) in [6.07, 6.45) is 0. The van der Waals surface area contributed by atoms with Crippen LogP contribution in [0.5, 0.6) is 0 Å². The van der Waals surface area contributed by atoms with E-state index < -0.39 is 0 Å². The molecule has 114 valence electrons. The Morgan fingerprint density at radius 3 is 2.50 bits per heavy atom. The molecule has 0 radical (unpaired) electrons. The fourth-order valence-electron chi connectivity index (χ4n) is 2.62. The lowest BCUT2D eigenvalue weighted by Crippen LogP contribution is -2.43. The minimum absolute atomic E-state index is 0.260. The Labute approximate surface area is 134 Å². The van der Waals surface area contributed by atoms with Crippen molar-refractivity contribution in [3.63, 3.8) is 0 Å². The van der Waals surface area contributed by atoms with Crippen molar-refractivity contribution in [3.8, 4) is 11.1 Å². The van der Waals surface area contributed by atoms with Crippen molar-refractivity contribution >= 4 is 17.7 Å². The second-order valence-corrected chi connectivity index (χ2v) is 6.30. The van der Waals surface area contributed by atoms with Crippen LogP contribution in [0.15, 0.2) is 54.6 Å². The molecule has 1 saturated heterocycles. The van der Waals surface area contributed by atoms with Gasteiger partial charge in [0.05, 0.1) is 0 Å². The molecule has 22 heavy (non-hydrogen) atoms. The molecule has 2 N–H and O–H groups in total. The fourth-order valence-corrected chi connectivity index (χ4v) is 3.81. The molecular weight excluding hydrogens is 296 g/mol. The minimum atomic E-state index is -0.328. The zero-order valence-electron chi connectivity index (χ0n) is 12.1. The molecule has 1 heterocycles. The van der Waals surface area contributed by atoms with Gasteiger partial charge in [0.15, 0.2) is 0 Å². The molecule has 1 amide bonds. The van der Waals surface area contributed by atoms with Crippen molar-refractivity contribution in [2.24, 2.45) is 0 Å². The molecule has 5 heteroatoms. The Balaban J connectivity index is 1.70. The van der Waals surface area contributed by atoms with Gasteiger partial charge in [-0.25, -0.2) is 5.48 Å². The molecule has 2 aromatic carbocycles. The third-order valence-electron chi connectivity index (χ3n) is 3.83. The van der Waals surface area contributed by atoms with Gasteiger partial charge >= 0.3 is 0 Å². The third kappa shape index (κ3) is 3.32. The maximum atomic E-state index is 11.6. The summed E-state index contributed by atoms with van der Waals surface area (Å²) < 4.78 is 0. The van der Waals surface area contributed by atoms with Gasteiger partial charge < -0.3 is 0 Å². The second-order valence-electron chi connectivity index (χ2n) is 5.30. The van der Waals surface area contributed by atoms with Gasteiger partial charge in [-0.3, -0.25) is 14.9 Å². The van der Waals surface area contributed by atoms with Crippen LogP contribution in [-0.4, -0.2) is 33.7 Å². The first-order valence-corrected chi connectivity index (χ1v) is 8.33. The van der Waals surface area contributed by atoms with Crippen LogP contribution in [0.2, 0.25) is 0 Å². The predicted molar refractivity (Wildman–Crippen MR) is 88.5 cm³/mol. The van der Waals surface area contributed by atoms with E-state index in [0.717, 1.165) is 11.4 Å². The Hall–Kier alpha value is -1.82. The minimum Gasteiger partial charge on any atom is -0.289 e. The van der Waals surface area contributed by atoms with Crippen LogP contribution in [0.4, 0.5) is 0 Å². The van der Waals surface area contributed by atoms with Crippen LogP contribution in [0.3, 0.4) is 0 Å². The number of thioether (sulfide) groups is 1. The maximum Gasteiger partial charge on any atom is 0.261 e. The van der Waals surface area contributed by atoms with Gasteiger partial charge in [0.2, 0.25) is 0 Å². The smallest absolute Gasteiger partial charge is 0.261 e. The normalized spacial score (nSPS) is 18.3. The Morgan fingerprint density at radius 1 is 1.14 bits per heavy atom. The SMILES string of the molecule is O=C(NO)[C@@H]1CSCN1Cc1ccc(-c2ccccc2)cc1. The highest BCUT2D eigenvalue weighted by Crippen LogP contribution is 2.24. The van der Waals surface area contributed by atoms with Crippen LogP contribution >= 0.6 is 11.8 Å². The van der Waals surface area contributed by atoms with E-state index in [2.05, 4.69) is 41.3 Å². The highest BCUT2D eigenvalue weighted by Gasteiger charge is 2.30. The van der Waals surface area contributed by atoms with Crippen LogP contribution in [0.1, 0.15) is 5.56 Å². The lowest BCUT2D eigenvalue weighted by Gasteiger charge is -2.21. The van der Waals surface area contributed by atoms with E-state index in [4.69, 9.17) is 5.21 Å². The summed E-state index contributed by atoms with van der Waals surface area (Å²) in [4.78, 5) is 13.7. The Morgan fingerprint density at radius 2 is 1.82 bits per heavy atom. The highest BCUT2D eigenvalue weighted by atomic mass is 32.2. The number of hydrogen-bond donors (Lipinski definition) is 2. The first-order chi connectivity index (χ1) is 10.8. The van der Waals surface area contributed by atoms with Gasteiger partial charge in [-0.15, -0.1) is 11.8 Å². The molecule has 0 aliphatic carbocycles. The van der Waals surface area contributed by atoms with Crippen LogP contribution in [-0.2, 0) is 11.3 Å². The number of nitrogens with one attached hydrogen (secondary N) is 1. The van der Waals surface area contributed by atoms with E-state index >= 15 is 0 Å². The molecule has 0 spiro atoms. The number of amides is 1. The van der Waals surface area contributed by atoms with Crippen LogP contribution in [0.25, 0.3) is 11.1 Å². The summed E-state index contributed by atoms with van der Waals surface area (Å²) in [6, 6.07) is 18.4. The number of rotatable bonds is 4. The van der Waals surface area contributed by atoms with Crippen LogP contribution in [0, 0.1) is 0 Å². The molecule has 0 unspecified atom stereocenters. The quantitative estimate of drug-likeness (QED) is 0.673. The zero-order chi connectivity index (χ0) is 15.4. The number of hydrogen-bond acceptors (Lipinski definition) is 4. The number of hydroxylamine groups is 1. The summed E-state index contributed by atoms with van der Waals surface area (Å²) in [6.45, 7) is 0.708. The Kier molecular flexibility index (Phi) is 4.77. The molecular formula is C17H18N2O2S. The number of carbonyl (C=O) groups is 1. The van der Waals surface area contributed by atoms with E-state index in [1.165, 1.54) is 11.1 Å². The van der Waals surface area contributed by atoms with Crippen molar-refractivity contribution in [3.05, 3.63) is 60.2 Å². The van der Waals surface area contributed by atoms with E-state index in [-0.39, 0.29) is 11.9 Å². The van der Waals surface area contributed by atoms with Crippen molar-refractivity contribution in [1.82, 2.24) is 10.4 Å². The van der Waals surface area contributed by atoms with Gasteiger partial charge in [0.1, 0.15) is 6.04 Å². The van der Waals surface area contributed by atoms with Crippen molar-refractivity contribution in [2.75, 3.05) is 11.6 Å². The topological polar surface area (TPSA) is 52.6 Å². The first kappa shape index (κ1) is 15.1. The van der Waals surface area contributed by atoms with Crippen LogP contribution < -0.4 is 5.48 Å². The summed E-state index contributed by atoms with van der Waals surface area (Å²) in [7, 11) is 0. The molecule has 0 bridgehead atoms. The molecule has 1 aliphatic rings. The number of benzene rings is 2. The number of carbonyl (C=O) groups excluding carboxylic acids is 1.